The first-order valence-electron chi connectivity index (χ1n) is 4.05. The van der Waals surface area contributed by atoms with Crippen LogP contribution in [0.2, 0.25) is 0 Å². The molecule has 6 heteroatoms. The van der Waals surface area contributed by atoms with E-state index >= 15 is 0 Å². The lowest BCUT2D eigenvalue weighted by atomic mass is 10.2. The fourth-order valence-electron chi connectivity index (χ4n) is 1.28. The molecule has 1 heterocycles. The smallest absolute Gasteiger partial charge is 0.258 e. The molecule has 15 heavy (non-hydrogen) atoms. The molecule has 0 saturated heterocycles. The van der Waals surface area contributed by atoms with Crippen LogP contribution >= 0.6 is 27.5 Å². The first kappa shape index (κ1) is 10.6. The minimum Gasteiger partial charge on any atom is -0.309 e. The van der Waals surface area contributed by atoms with Crippen molar-refractivity contribution >= 4 is 38.4 Å². The first-order chi connectivity index (χ1) is 7.11. The van der Waals surface area contributed by atoms with Gasteiger partial charge in [-0.05, 0) is 12.1 Å². The normalized spacial score (nSPS) is 10.9. The summed E-state index contributed by atoms with van der Waals surface area (Å²) in [6.45, 7) is 0. The van der Waals surface area contributed by atoms with E-state index in [9.17, 15) is 9.18 Å². The molecule has 0 aliphatic heterocycles. The van der Waals surface area contributed by atoms with E-state index in [2.05, 4.69) is 25.9 Å². The fraction of sp³-hybridized carbons (Fsp3) is 0.111. The van der Waals surface area contributed by atoms with Crippen molar-refractivity contribution in [2.24, 2.45) is 0 Å². The molecule has 0 atom stereocenters. The van der Waals surface area contributed by atoms with E-state index in [1.54, 1.807) is 0 Å². The molecule has 0 radical (unpaired) electrons. The average Bonchev–Trinajstić information content (AvgIpc) is 2.19. The zero-order chi connectivity index (χ0) is 11.0. The van der Waals surface area contributed by atoms with Gasteiger partial charge in [0.2, 0.25) is 0 Å². The predicted molar refractivity (Wildman–Crippen MR) is 59.6 cm³/mol. The van der Waals surface area contributed by atoms with Crippen molar-refractivity contribution in [2.75, 3.05) is 0 Å². The Morgan fingerprint density at radius 3 is 2.93 bits per heavy atom. The largest absolute Gasteiger partial charge is 0.309 e. The number of benzene rings is 1. The summed E-state index contributed by atoms with van der Waals surface area (Å²) >= 11 is 8.62. The predicted octanol–water partition coefficient (Wildman–Crippen LogP) is 2.56. The number of nitrogens with one attached hydrogen (secondary N) is 1. The molecular formula is C9H5BrClFN2O. The van der Waals surface area contributed by atoms with Crippen molar-refractivity contribution in [1.82, 2.24) is 9.97 Å². The van der Waals surface area contributed by atoms with Crippen LogP contribution in [0.5, 0.6) is 0 Å². The number of aromatic nitrogens is 2. The van der Waals surface area contributed by atoms with Gasteiger partial charge in [-0.25, -0.2) is 9.37 Å². The van der Waals surface area contributed by atoms with Gasteiger partial charge in [-0.2, -0.15) is 0 Å². The Morgan fingerprint density at radius 1 is 1.53 bits per heavy atom. The molecule has 1 aromatic heterocycles. The van der Waals surface area contributed by atoms with E-state index in [4.69, 9.17) is 11.6 Å². The quantitative estimate of drug-likeness (QED) is 0.821. The summed E-state index contributed by atoms with van der Waals surface area (Å²) < 4.78 is 14.0. The van der Waals surface area contributed by atoms with Gasteiger partial charge in [-0.15, -0.1) is 11.6 Å². The van der Waals surface area contributed by atoms with Crippen LogP contribution in [0.4, 0.5) is 4.39 Å². The second-order valence-corrected chi connectivity index (χ2v) is 4.11. The second kappa shape index (κ2) is 3.90. The van der Waals surface area contributed by atoms with E-state index in [1.165, 1.54) is 12.1 Å². The molecular weight excluding hydrogens is 286 g/mol. The third-order valence-electron chi connectivity index (χ3n) is 1.90. The molecule has 0 bridgehead atoms. The van der Waals surface area contributed by atoms with E-state index in [-0.39, 0.29) is 22.6 Å². The molecule has 0 amide bonds. The molecule has 0 fully saturated rings. The van der Waals surface area contributed by atoms with Crippen LogP contribution in [0.1, 0.15) is 5.82 Å². The van der Waals surface area contributed by atoms with E-state index in [1.807, 2.05) is 0 Å². The molecule has 0 aliphatic rings. The van der Waals surface area contributed by atoms with E-state index < -0.39 is 11.4 Å². The van der Waals surface area contributed by atoms with Crippen molar-refractivity contribution in [3.63, 3.8) is 0 Å². The molecule has 0 spiro atoms. The number of hydrogen-bond donors (Lipinski definition) is 1. The van der Waals surface area contributed by atoms with Crippen LogP contribution in [0, 0.1) is 5.82 Å². The third-order valence-corrected chi connectivity index (χ3v) is 2.61. The summed E-state index contributed by atoms with van der Waals surface area (Å²) in [4.78, 5) is 17.9. The topological polar surface area (TPSA) is 45.8 Å². The highest BCUT2D eigenvalue weighted by Crippen LogP contribution is 2.19. The number of fused-ring (bicyclic) bond motifs is 1. The van der Waals surface area contributed by atoms with Crippen LogP contribution in [0.3, 0.4) is 0 Å². The summed E-state index contributed by atoms with van der Waals surface area (Å²) in [6, 6.07) is 2.77. The molecule has 1 N–H and O–H groups in total. The van der Waals surface area contributed by atoms with Gasteiger partial charge in [0.1, 0.15) is 11.3 Å². The SMILES string of the molecule is O=c1[nH]c(CCl)nc2c(F)cc(Br)cc12. The van der Waals surface area contributed by atoms with E-state index in [0.29, 0.717) is 4.47 Å². The zero-order valence-corrected chi connectivity index (χ0v) is 9.69. The van der Waals surface area contributed by atoms with Crippen molar-refractivity contribution in [1.29, 1.82) is 0 Å². The van der Waals surface area contributed by atoms with Crippen LogP contribution in [-0.4, -0.2) is 9.97 Å². The minimum absolute atomic E-state index is 0.0394. The van der Waals surface area contributed by atoms with Crippen molar-refractivity contribution < 1.29 is 4.39 Å². The lowest BCUT2D eigenvalue weighted by Crippen LogP contribution is -2.11. The number of halogens is 3. The number of rotatable bonds is 1. The Balaban J connectivity index is 2.91. The number of aromatic amines is 1. The fourth-order valence-corrected chi connectivity index (χ4v) is 1.83. The highest BCUT2D eigenvalue weighted by molar-refractivity contribution is 9.10. The average molecular weight is 292 g/mol. The maximum Gasteiger partial charge on any atom is 0.258 e. The van der Waals surface area contributed by atoms with E-state index in [0.717, 1.165) is 0 Å². The monoisotopic (exact) mass is 290 g/mol. The highest BCUT2D eigenvalue weighted by atomic mass is 79.9. The lowest BCUT2D eigenvalue weighted by Gasteiger charge is -2.01. The molecule has 0 aliphatic carbocycles. The Kier molecular flexibility index (Phi) is 2.75. The minimum atomic E-state index is -0.545. The summed E-state index contributed by atoms with van der Waals surface area (Å²) in [6.07, 6.45) is 0. The number of nitrogens with zero attached hydrogens (tertiary/aromatic N) is 1. The van der Waals surface area contributed by atoms with Gasteiger partial charge < -0.3 is 4.98 Å². The summed E-state index contributed by atoms with van der Waals surface area (Å²) in [5.41, 5.74) is -0.353. The lowest BCUT2D eigenvalue weighted by molar-refractivity contribution is 0.635. The van der Waals surface area contributed by atoms with Crippen LogP contribution in [0.25, 0.3) is 10.9 Å². The maximum absolute atomic E-state index is 13.5. The third kappa shape index (κ3) is 1.89. The van der Waals surface area contributed by atoms with Crippen molar-refractivity contribution in [3.05, 3.63) is 38.6 Å². The second-order valence-electron chi connectivity index (χ2n) is 2.93. The number of alkyl halides is 1. The van der Waals surface area contributed by atoms with Crippen LogP contribution in [-0.2, 0) is 5.88 Å². The van der Waals surface area contributed by atoms with Gasteiger partial charge in [-0.1, -0.05) is 15.9 Å². The highest BCUT2D eigenvalue weighted by Gasteiger charge is 2.09. The molecule has 0 saturated carbocycles. The van der Waals surface area contributed by atoms with Gasteiger partial charge in [0.15, 0.2) is 5.82 Å². The number of H-pyrrole nitrogens is 1. The van der Waals surface area contributed by atoms with Crippen LogP contribution < -0.4 is 5.56 Å². The van der Waals surface area contributed by atoms with Gasteiger partial charge >= 0.3 is 0 Å². The maximum atomic E-state index is 13.5. The standard InChI is InChI=1S/C9H5BrClFN2O/c10-4-1-5-8(6(12)2-4)13-7(3-11)14-9(5)15/h1-2H,3H2,(H,13,14,15). The molecule has 1 aromatic carbocycles. The van der Waals surface area contributed by atoms with Crippen molar-refractivity contribution in [3.8, 4) is 0 Å². The Labute approximate surface area is 97.4 Å². The summed E-state index contributed by atoms with van der Waals surface area (Å²) in [5.74, 6) is -0.243. The van der Waals surface area contributed by atoms with Gasteiger partial charge in [-0.3, -0.25) is 4.79 Å². The molecule has 2 aromatic rings. The summed E-state index contributed by atoms with van der Waals surface area (Å²) in [7, 11) is 0. The molecule has 3 nitrogen and oxygen atoms in total. The van der Waals surface area contributed by atoms with Gasteiger partial charge in [0, 0.05) is 4.47 Å². The van der Waals surface area contributed by atoms with Gasteiger partial charge in [0.25, 0.3) is 5.56 Å². The molecule has 0 unspecified atom stereocenters. The van der Waals surface area contributed by atoms with Crippen molar-refractivity contribution in [2.45, 2.75) is 5.88 Å². The first-order valence-corrected chi connectivity index (χ1v) is 5.38. The number of hydrogen-bond acceptors (Lipinski definition) is 2. The van der Waals surface area contributed by atoms with Gasteiger partial charge in [0.05, 0.1) is 11.3 Å². The summed E-state index contributed by atoms with van der Waals surface area (Å²) in [5, 5.41) is 0.204. The molecule has 2 rings (SSSR count). The molecule has 78 valence electrons. The Bertz CT molecular complexity index is 584. The Hall–Kier alpha value is -0.940. The van der Waals surface area contributed by atoms with Crippen LogP contribution in [0.15, 0.2) is 21.4 Å². The zero-order valence-electron chi connectivity index (χ0n) is 7.35. The Morgan fingerprint density at radius 2 is 2.27 bits per heavy atom.